The molecule has 1 unspecified atom stereocenters. The fourth-order valence-corrected chi connectivity index (χ4v) is 4.99. The van der Waals surface area contributed by atoms with E-state index in [9.17, 15) is 13.8 Å². The fourth-order valence-electron chi connectivity index (χ4n) is 3.26. The van der Waals surface area contributed by atoms with Crippen LogP contribution >= 0.6 is 0 Å². The average Bonchev–Trinajstić information content (AvgIpc) is 3.11. The van der Waals surface area contributed by atoms with E-state index in [-0.39, 0.29) is 19.1 Å². The summed E-state index contributed by atoms with van der Waals surface area (Å²) < 4.78 is 22.0. The molecule has 6 heteroatoms. The van der Waals surface area contributed by atoms with Crippen molar-refractivity contribution in [2.45, 2.75) is 49.2 Å². The molecular formula is C18H24O5S. The topological polar surface area (TPSA) is 69.7 Å². The molecule has 5 nitrogen and oxygen atoms in total. The standard InChI is InChI=1S/C18H24O5S/c1-3-22-16(19)18(17(20)23-4-2,14-10-8-9-11-14)24(21)15-12-6-5-7-13-15/h5-7,12-14H,3-4,8-11H2,1-2H3. The van der Waals surface area contributed by atoms with E-state index in [4.69, 9.17) is 9.47 Å². The number of hydrogen-bond acceptors (Lipinski definition) is 5. The van der Waals surface area contributed by atoms with Gasteiger partial charge < -0.3 is 9.47 Å². The van der Waals surface area contributed by atoms with Crippen LogP contribution in [0.15, 0.2) is 35.2 Å². The average molecular weight is 352 g/mol. The van der Waals surface area contributed by atoms with Gasteiger partial charge >= 0.3 is 11.9 Å². The molecule has 132 valence electrons. The summed E-state index contributed by atoms with van der Waals surface area (Å²) in [7, 11) is -1.88. The summed E-state index contributed by atoms with van der Waals surface area (Å²) in [5.41, 5.74) is 0. The summed E-state index contributed by atoms with van der Waals surface area (Å²) in [6, 6.07) is 8.61. The van der Waals surface area contributed by atoms with Crippen LogP contribution in [0.4, 0.5) is 0 Å². The first-order valence-electron chi connectivity index (χ1n) is 8.40. The van der Waals surface area contributed by atoms with Gasteiger partial charge in [-0.15, -0.1) is 0 Å². The molecule has 0 saturated heterocycles. The quantitative estimate of drug-likeness (QED) is 0.557. The van der Waals surface area contributed by atoms with Gasteiger partial charge in [-0.3, -0.25) is 4.21 Å². The Balaban J connectivity index is 2.57. The molecule has 24 heavy (non-hydrogen) atoms. The number of esters is 2. The molecule has 1 atom stereocenters. The highest BCUT2D eigenvalue weighted by molar-refractivity contribution is 7.88. The van der Waals surface area contributed by atoms with Gasteiger partial charge in [0.1, 0.15) is 0 Å². The van der Waals surface area contributed by atoms with E-state index in [1.165, 1.54) is 0 Å². The van der Waals surface area contributed by atoms with Crippen molar-refractivity contribution in [2.75, 3.05) is 13.2 Å². The highest BCUT2D eigenvalue weighted by Gasteiger charge is 2.60. The maximum absolute atomic E-state index is 13.4. The molecule has 0 spiro atoms. The van der Waals surface area contributed by atoms with Gasteiger partial charge in [0, 0.05) is 4.90 Å². The Morgan fingerprint density at radius 1 is 1.04 bits per heavy atom. The van der Waals surface area contributed by atoms with E-state index in [0.29, 0.717) is 17.7 Å². The Kier molecular flexibility index (Phi) is 6.54. The molecule has 1 aliphatic carbocycles. The van der Waals surface area contributed by atoms with Crippen molar-refractivity contribution in [3.05, 3.63) is 30.3 Å². The van der Waals surface area contributed by atoms with E-state index >= 15 is 0 Å². The van der Waals surface area contributed by atoms with Crippen LogP contribution in [0.5, 0.6) is 0 Å². The van der Waals surface area contributed by atoms with Crippen molar-refractivity contribution in [1.82, 2.24) is 0 Å². The molecular weight excluding hydrogens is 328 g/mol. The molecule has 1 aliphatic rings. The van der Waals surface area contributed by atoms with Crippen LogP contribution in [0, 0.1) is 5.92 Å². The lowest BCUT2D eigenvalue weighted by atomic mass is 9.89. The van der Waals surface area contributed by atoms with Gasteiger partial charge in [0.15, 0.2) is 0 Å². The zero-order valence-electron chi connectivity index (χ0n) is 14.2. The van der Waals surface area contributed by atoms with Crippen molar-refractivity contribution < 1.29 is 23.3 Å². The minimum absolute atomic E-state index is 0.124. The first-order valence-corrected chi connectivity index (χ1v) is 9.55. The molecule has 0 heterocycles. The Labute approximate surface area is 145 Å². The van der Waals surface area contributed by atoms with Gasteiger partial charge in [-0.05, 0) is 44.7 Å². The number of carbonyl (C=O) groups excluding carboxylic acids is 2. The SMILES string of the molecule is CCOC(=O)C(C(=O)OCC)(C1CCCC1)S(=O)c1ccccc1. The molecule has 2 rings (SSSR count). The summed E-state index contributed by atoms with van der Waals surface area (Å²) in [4.78, 5) is 26.2. The van der Waals surface area contributed by atoms with Crippen LogP contribution in [-0.2, 0) is 29.9 Å². The predicted molar refractivity (Wildman–Crippen MR) is 90.8 cm³/mol. The van der Waals surface area contributed by atoms with Crippen LogP contribution in [0.2, 0.25) is 0 Å². The molecule has 0 bridgehead atoms. The minimum Gasteiger partial charge on any atom is -0.464 e. The van der Waals surface area contributed by atoms with E-state index < -0.39 is 27.5 Å². The molecule has 0 radical (unpaired) electrons. The van der Waals surface area contributed by atoms with Gasteiger partial charge in [-0.25, -0.2) is 9.59 Å². The summed E-state index contributed by atoms with van der Waals surface area (Å²) in [5.74, 6) is -1.81. The van der Waals surface area contributed by atoms with Crippen LogP contribution in [0.25, 0.3) is 0 Å². The van der Waals surface area contributed by atoms with Crippen LogP contribution in [-0.4, -0.2) is 34.1 Å². The number of rotatable bonds is 7. The van der Waals surface area contributed by atoms with E-state index in [2.05, 4.69) is 0 Å². The van der Waals surface area contributed by atoms with Gasteiger partial charge in [0.05, 0.1) is 24.0 Å². The summed E-state index contributed by atoms with van der Waals surface area (Å²) in [6.07, 6.45) is 3.13. The monoisotopic (exact) mass is 352 g/mol. The zero-order chi connectivity index (χ0) is 17.6. The summed E-state index contributed by atoms with van der Waals surface area (Å²) in [5, 5.41) is 0. The number of hydrogen-bond donors (Lipinski definition) is 0. The molecule has 0 aliphatic heterocycles. The zero-order valence-corrected chi connectivity index (χ0v) is 15.0. The van der Waals surface area contributed by atoms with Crippen LogP contribution in [0.3, 0.4) is 0 Å². The van der Waals surface area contributed by atoms with Crippen molar-refractivity contribution >= 4 is 22.7 Å². The second-order valence-corrected chi connectivity index (χ2v) is 7.39. The second-order valence-electron chi connectivity index (χ2n) is 5.74. The summed E-state index contributed by atoms with van der Waals surface area (Å²) >= 11 is 0. The Bertz CT molecular complexity index is 575. The van der Waals surface area contributed by atoms with E-state index in [0.717, 1.165) is 12.8 Å². The maximum Gasteiger partial charge on any atom is 0.337 e. The molecule has 0 amide bonds. The number of benzene rings is 1. The highest BCUT2D eigenvalue weighted by atomic mass is 32.2. The highest BCUT2D eigenvalue weighted by Crippen LogP contribution is 2.42. The largest absolute Gasteiger partial charge is 0.464 e. The van der Waals surface area contributed by atoms with Crippen molar-refractivity contribution in [1.29, 1.82) is 0 Å². The first-order chi connectivity index (χ1) is 11.6. The molecule has 0 aromatic heterocycles. The predicted octanol–water partition coefficient (Wildman–Crippen LogP) is 2.85. The van der Waals surface area contributed by atoms with Crippen molar-refractivity contribution in [3.63, 3.8) is 0 Å². The Morgan fingerprint density at radius 3 is 2.00 bits per heavy atom. The van der Waals surface area contributed by atoms with Crippen molar-refractivity contribution in [2.24, 2.45) is 5.92 Å². The normalized spacial score (nSPS) is 16.6. The third-order valence-corrected chi connectivity index (χ3v) is 6.29. The third-order valence-electron chi connectivity index (χ3n) is 4.34. The lowest BCUT2D eigenvalue weighted by molar-refractivity contribution is -0.161. The lowest BCUT2D eigenvalue weighted by Gasteiger charge is -2.33. The molecule has 1 fully saturated rings. The minimum atomic E-state index is -1.88. The number of carbonyl (C=O) groups is 2. The third kappa shape index (κ3) is 3.38. The van der Waals surface area contributed by atoms with Crippen molar-refractivity contribution in [3.8, 4) is 0 Å². The van der Waals surface area contributed by atoms with Gasteiger partial charge in [0.2, 0.25) is 4.75 Å². The Morgan fingerprint density at radius 2 is 1.54 bits per heavy atom. The molecule has 1 aromatic carbocycles. The number of ether oxygens (including phenoxy) is 2. The van der Waals surface area contributed by atoms with Gasteiger partial charge in [-0.2, -0.15) is 0 Å². The van der Waals surface area contributed by atoms with E-state index in [1.54, 1.807) is 44.2 Å². The van der Waals surface area contributed by atoms with Gasteiger partial charge in [-0.1, -0.05) is 31.0 Å². The maximum atomic E-state index is 13.4. The van der Waals surface area contributed by atoms with Crippen LogP contribution < -0.4 is 0 Å². The van der Waals surface area contributed by atoms with Crippen LogP contribution in [0.1, 0.15) is 39.5 Å². The first kappa shape index (κ1) is 18.6. The summed E-state index contributed by atoms with van der Waals surface area (Å²) in [6.45, 7) is 3.60. The smallest absolute Gasteiger partial charge is 0.337 e. The van der Waals surface area contributed by atoms with Gasteiger partial charge in [0.25, 0.3) is 0 Å². The fraction of sp³-hybridized carbons (Fsp3) is 0.556. The molecule has 1 saturated carbocycles. The molecule has 1 aromatic rings. The van der Waals surface area contributed by atoms with E-state index in [1.807, 2.05) is 0 Å². The molecule has 0 N–H and O–H groups in total. The lowest BCUT2D eigenvalue weighted by Crippen LogP contribution is -2.57. The second kappa shape index (κ2) is 8.42. The Hall–Kier alpha value is -1.69.